The van der Waals surface area contributed by atoms with Crippen LogP contribution in [0.4, 0.5) is 0 Å². The van der Waals surface area contributed by atoms with Gasteiger partial charge in [0.1, 0.15) is 0 Å². The molecule has 0 aliphatic carbocycles. The monoisotopic (exact) mass is 443 g/mol. The van der Waals surface area contributed by atoms with Gasteiger partial charge in [0.15, 0.2) is 11.8 Å². The predicted octanol–water partition coefficient (Wildman–Crippen LogP) is 2.32. The highest BCUT2D eigenvalue weighted by atomic mass is 16.5. The van der Waals surface area contributed by atoms with Gasteiger partial charge in [0.2, 0.25) is 0 Å². The maximum absolute atomic E-state index is 12.9. The van der Waals surface area contributed by atoms with E-state index in [9.17, 15) is 19.2 Å². The zero-order valence-electron chi connectivity index (χ0n) is 18.9. The van der Waals surface area contributed by atoms with Crippen molar-refractivity contribution in [1.82, 2.24) is 14.7 Å². The van der Waals surface area contributed by atoms with Gasteiger partial charge in [0.05, 0.1) is 24.0 Å². The van der Waals surface area contributed by atoms with Crippen molar-refractivity contribution in [1.29, 1.82) is 0 Å². The van der Waals surface area contributed by atoms with Crippen LogP contribution in [0.1, 0.15) is 57.1 Å². The first-order valence-electron chi connectivity index (χ1n) is 10.9. The van der Waals surface area contributed by atoms with E-state index in [2.05, 4.69) is 5.10 Å². The van der Waals surface area contributed by atoms with Crippen molar-refractivity contribution in [3.63, 3.8) is 0 Å². The number of ether oxygens (including phenoxy) is 2. The van der Waals surface area contributed by atoms with Crippen LogP contribution in [0, 0.1) is 5.92 Å². The molecule has 1 saturated heterocycles. The Hall–Kier alpha value is -3.23. The Morgan fingerprint density at radius 2 is 1.72 bits per heavy atom. The summed E-state index contributed by atoms with van der Waals surface area (Å²) in [4.78, 5) is 51.9. The molecule has 3 rings (SSSR count). The van der Waals surface area contributed by atoms with E-state index in [1.165, 1.54) is 11.6 Å². The van der Waals surface area contributed by atoms with Gasteiger partial charge in [-0.15, -0.1) is 0 Å². The van der Waals surface area contributed by atoms with Crippen molar-refractivity contribution in [3.05, 3.63) is 40.3 Å². The number of carbonyl (C=O) groups is 3. The van der Waals surface area contributed by atoms with Crippen LogP contribution in [0.3, 0.4) is 0 Å². The number of benzene rings is 1. The molecule has 172 valence electrons. The summed E-state index contributed by atoms with van der Waals surface area (Å²) < 4.78 is 11.7. The molecule has 9 heteroatoms. The number of hydrogen-bond acceptors (Lipinski definition) is 7. The van der Waals surface area contributed by atoms with Crippen molar-refractivity contribution in [2.24, 2.45) is 5.92 Å². The predicted molar refractivity (Wildman–Crippen MR) is 117 cm³/mol. The molecule has 1 aliphatic rings. The molecule has 2 aromatic rings. The fourth-order valence-electron chi connectivity index (χ4n) is 3.83. The Morgan fingerprint density at radius 1 is 1.09 bits per heavy atom. The summed E-state index contributed by atoms with van der Waals surface area (Å²) >= 11 is 0. The molecule has 1 aromatic carbocycles. The topological polar surface area (TPSA) is 108 Å². The second-order valence-electron chi connectivity index (χ2n) is 8.14. The van der Waals surface area contributed by atoms with Gasteiger partial charge in [0, 0.05) is 18.5 Å². The van der Waals surface area contributed by atoms with Crippen LogP contribution in [0.5, 0.6) is 0 Å². The Kier molecular flexibility index (Phi) is 7.27. The van der Waals surface area contributed by atoms with Crippen LogP contribution >= 0.6 is 0 Å². The molecule has 1 fully saturated rings. The number of nitrogens with zero attached hydrogens (tertiary/aromatic N) is 3. The lowest BCUT2D eigenvalue weighted by Crippen LogP contribution is -2.45. The van der Waals surface area contributed by atoms with E-state index in [0.29, 0.717) is 43.3 Å². The number of esters is 2. The number of rotatable bonds is 6. The lowest BCUT2D eigenvalue weighted by Gasteiger charge is -2.32. The summed E-state index contributed by atoms with van der Waals surface area (Å²) in [5.74, 6) is -1.55. The Balaban J connectivity index is 1.73. The van der Waals surface area contributed by atoms with E-state index >= 15 is 0 Å². The Labute approximate surface area is 186 Å². The lowest BCUT2D eigenvalue weighted by atomic mass is 9.97. The van der Waals surface area contributed by atoms with E-state index in [1.807, 2.05) is 0 Å². The van der Waals surface area contributed by atoms with Crippen molar-refractivity contribution in [2.45, 2.75) is 52.7 Å². The fraction of sp³-hybridized carbons (Fsp3) is 0.522. The summed E-state index contributed by atoms with van der Waals surface area (Å²) in [6, 6.07) is 6.45. The number of piperidine rings is 1. The maximum Gasteiger partial charge on any atom is 0.360 e. The zero-order chi connectivity index (χ0) is 23.4. The molecule has 1 atom stereocenters. The van der Waals surface area contributed by atoms with Crippen LogP contribution in [0.2, 0.25) is 0 Å². The molecule has 0 spiro atoms. The van der Waals surface area contributed by atoms with Gasteiger partial charge in [-0.25, -0.2) is 9.48 Å². The summed E-state index contributed by atoms with van der Waals surface area (Å²) in [5.41, 5.74) is -0.296. The van der Waals surface area contributed by atoms with E-state index in [4.69, 9.17) is 9.47 Å². The highest BCUT2D eigenvalue weighted by Crippen LogP contribution is 2.21. The molecular weight excluding hydrogens is 414 g/mol. The number of carbonyl (C=O) groups excluding carboxylic acids is 3. The van der Waals surface area contributed by atoms with Gasteiger partial charge in [-0.05, 0) is 46.6 Å². The standard InChI is InChI=1S/C23H29N3O6/c1-5-31-22(29)16-10-12-25(13-11-16)20(27)15(4)32-23(30)19-17-8-6-7-9-18(17)21(28)26(24-19)14(2)3/h6-9,14-16H,5,10-13H2,1-4H3/t15-/m0/s1. The summed E-state index contributed by atoms with van der Waals surface area (Å²) in [5, 5.41) is 4.97. The normalized spacial score (nSPS) is 15.6. The van der Waals surface area contributed by atoms with Gasteiger partial charge in [0.25, 0.3) is 11.5 Å². The van der Waals surface area contributed by atoms with Crippen LogP contribution in [0.15, 0.2) is 29.1 Å². The third-order valence-corrected chi connectivity index (χ3v) is 5.57. The molecule has 2 heterocycles. The molecule has 9 nitrogen and oxygen atoms in total. The SMILES string of the molecule is CCOC(=O)C1CCN(C(=O)[C@H](C)OC(=O)c2nn(C(C)C)c(=O)c3ccccc23)CC1. The fourth-order valence-corrected chi connectivity index (χ4v) is 3.83. The van der Waals surface area contributed by atoms with Crippen molar-refractivity contribution < 1.29 is 23.9 Å². The van der Waals surface area contributed by atoms with E-state index in [-0.39, 0.29) is 35.1 Å². The Bertz CT molecular complexity index is 1070. The summed E-state index contributed by atoms with van der Waals surface area (Å²) in [6.07, 6.45) is -0.00487. The van der Waals surface area contributed by atoms with E-state index < -0.39 is 12.1 Å². The number of likely N-dealkylation sites (tertiary alicyclic amines) is 1. The lowest BCUT2D eigenvalue weighted by molar-refractivity contribution is -0.152. The number of hydrogen-bond donors (Lipinski definition) is 0. The first kappa shape index (κ1) is 23.4. The highest BCUT2D eigenvalue weighted by Gasteiger charge is 2.32. The average molecular weight is 444 g/mol. The molecular formula is C23H29N3O6. The number of amides is 1. The van der Waals surface area contributed by atoms with Gasteiger partial charge in [-0.2, -0.15) is 5.10 Å². The molecule has 1 aliphatic heterocycles. The van der Waals surface area contributed by atoms with Crippen LogP contribution in [0.25, 0.3) is 10.8 Å². The second-order valence-corrected chi connectivity index (χ2v) is 8.14. The van der Waals surface area contributed by atoms with E-state index in [1.54, 1.807) is 49.9 Å². The third kappa shape index (κ3) is 4.81. The van der Waals surface area contributed by atoms with Gasteiger partial charge in [-0.1, -0.05) is 18.2 Å². The van der Waals surface area contributed by atoms with Gasteiger partial charge >= 0.3 is 11.9 Å². The van der Waals surface area contributed by atoms with Crippen molar-refractivity contribution in [3.8, 4) is 0 Å². The first-order chi connectivity index (χ1) is 15.2. The number of fused-ring (bicyclic) bond motifs is 1. The highest BCUT2D eigenvalue weighted by molar-refractivity contribution is 6.02. The van der Waals surface area contributed by atoms with Crippen LogP contribution < -0.4 is 5.56 Å². The van der Waals surface area contributed by atoms with Crippen LogP contribution in [-0.2, 0) is 19.1 Å². The Morgan fingerprint density at radius 3 is 2.31 bits per heavy atom. The molecule has 1 aromatic heterocycles. The number of aromatic nitrogens is 2. The smallest absolute Gasteiger partial charge is 0.360 e. The maximum atomic E-state index is 12.9. The summed E-state index contributed by atoms with van der Waals surface area (Å²) in [6.45, 7) is 7.98. The average Bonchev–Trinajstić information content (AvgIpc) is 2.78. The van der Waals surface area contributed by atoms with Crippen molar-refractivity contribution in [2.75, 3.05) is 19.7 Å². The minimum atomic E-state index is -1.03. The van der Waals surface area contributed by atoms with Gasteiger partial charge in [-0.3, -0.25) is 14.4 Å². The molecule has 0 N–H and O–H groups in total. The summed E-state index contributed by atoms with van der Waals surface area (Å²) in [7, 11) is 0. The molecule has 0 bridgehead atoms. The largest absolute Gasteiger partial charge is 0.466 e. The van der Waals surface area contributed by atoms with Crippen molar-refractivity contribution >= 4 is 28.6 Å². The zero-order valence-corrected chi connectivity index (χ0v) is 18.9. The second kappa shape index (κ2) is 9.93. The van der Waals surface area contributed by atoms with Crippen LogP contribution in [-0.4, -0.2) is 58.3 Å². The van der Waals surface area contributed by atoms with Gasteiger partial charge < -0.3 is 14.4 Å². The molecule has 0 saturated carbocycles. The minimum Gasteiger partial charge on any atom is -0.466 e. The van der Waals surface area contributed by atoms with E-state index in [0.717, 1.165) is 0 Å². The molecule has 0 unspecified atom stereocenters. The third-order valence-electron chi connectivity index (χ3n) is 5.57. The molecule has 1 amide bonds. The quantitative estimate of drug-likeness (QED) is 0.631. The molecule has 0 radical (unpaired) electrons. The first-order valence-corrected chi connectivity index (χ1v) is 10.9. The minimum absolute atomic E-state index is 0.00503. The molecule has 32 heavy (non-hydrogen) atoms.